The molecule has 0 aliphatic heterocycles. The largest absolute Gasteiger partial charge is 0.370 e. The minimum absolute atomic E-state index is 0.00373. The molecule has 0 spiro atoms. The maximum atomic E-state index is 15.0. The van der Waals surface area contributed by atoms with Crippen LogP contribution in [0.25, 0.3) is 21.6 Å². The number of nitrogens with zero attached hydrogens (tertiary/aromatic N) is 9. The highest BCUT2D eigenvalue weighted by molar-refractivity contribution is 7.17. The fraction of sp³-hybridized carbons (Fsp3) is 0.632. The van der Waals surface area contributed by atoms with E-state index < -0.39 is 102 Å². The summed E-state index contributed by atoms with van der Waals surface area (Å²) in [4.78, 5) is 196. The van der Waals surface area contributed by atoms with Crippen LogP contribution in [0.1, 0.15) is 202 Å². The van der Waals surface area contributed by atoms with Crippen LogP contribution in [0.5, 0.6) is 0 Å². The topological polar surface area (TPSA) is 792 Å². The second kappa shape index (κ2) is 58.2. The van der Waals surface area contributed by atoms with Gasteiger partial charge in [0, 0.05) is 145 Å². The third-order valence-electron chi connectivity index (χ3n) is 19.4. The van der Waals surface area contributed by atoms with Crippen molar-refractivity contribution in [1.82, 2.24) is 41.5 Å². The van der Waals surface area contributed by atoms with E-state index in [0.717, 1.165) is 16.0 Å². The standard InChI is InChI=1S/C76H131N31O11S/c77-29-6-5-16-46(63(78)113)42-57(110)54(23-13-36-100-74(87)88)106-67(116)49(19-11-34-98-72(83)84)44-59(112)56(25-15-38-102-76(91)92)107-68(117)50(20-12-35-99-73(85)86)43-58(111)55(24-14-37-101-75(89)90)105-66(115)48(18-10-33-97-71(81)82)41-52(109)22-3-1-7-30-94-65(114)47(17-9-32-96-70(79)80)40-51(108)21-4-2-8-31-95-69(118)61-27-26-60(119-61)62-53-28-39-93-64(53)104-45-103-62/h26-28,39,45-50,54-56H,1-25,29-38,40-44,77H2,(H2,78,113)(H,94,114)(H,95,118)(H,105,115)(H,106,116)(H,107,117)(H4,79,80,96)(H4,81,82,97)(H4,83,84,98)(H4,85,86,99)(H4,87,88,100)(H4,89,90,101)(H4,91,92,102)(H,93,103,104)/t46-,47-,48-,49-,50-,54+,55+,56+/m0/s1. The Hall–Kier alpha value is -11.7. The number of aromatic nitrogens is 3. The van der Waals surface area contributed by atoms with E-state index in [1.165, 1.54) is 17.7 Å². The number of amides is 6. The molecule has 3 aromatic heterocycles. The molecule has 0 fully saturated rings. The van der Waals surface area contributed by atoms with Gasteiger partial charge in [-0.15, -0.1) is 11.3 Å². The van der Waals surface area contributed by atoms with Gasteiger partial charge < -0.3 is 123 Å². The summed E-state index contributed by atoms with van der Waals surface area (Å²) in [5.41, 5.74) is 91.5. The highest BCUT2D eigenvalue weighted by Crippen LogP contribution is 2.32. The highest BCUT2D eigenvalue weighted by Gasteiger charge is 2.35. The molecule has 6 amide bonds. The van der Waals surface area contributed by atoms with Crippen molar-refractivity contribution in [3.63, 3.8) is 0 Å². The predicted octanol–water partition coefficient (Wildman–Crippen LogP) is -2.03. The zero-order valence-corrected chi connectivity index (χ0v) is 69.3. The van der Waals surface area contributed by atoms with Crippen LogP contribution in [0.3, 0.4) is 0 Å². The first-order valence-corrected chi connectivity index (χ1v) is 41.4. The molecule has 0 aliphatic rings. The number of aromatic amines is 1. The number of aliphatic imine (C=N–C) groups is 7. The molecular formula is C76H131N31O11S. The lowest BCUT2D eigenvalue weighted by atomic mass is 9.88. The van der Waals surface area contributed by atoms with Crippen molar-refractivity contribution in [2.45, 2.75) is 211 Å². The van der Waals surface area contributed by atoms with Crippen LogP contribution in [-0.2, 0) is 47.9 Å². The van der Waals surface area contributed by atoms with Gasteiger partial charge in [0.1, 0.15) is 23.5 Å². The van der Waals surface area contributed by atoms with Gasteiger partial charge >= 0.3 is 0 Å². The number of guanidine groups is 7. The molecule has 0 unspecified atom stereocenters. The number of thiophene rings is 1. The van der Waals surface area contributed by atoms with Gasteiger partial charge in [-0.3, -0.25) is 87.7 Å². The zero-order chi connectivity index (χ0) is 88.0. The maximum absolute atomic E-state index is 15.0. The van der Waals surface area contributed by atoms with Gasteiger partial charge in [0.15, 0.2) is 59.1 Å². The van der Waals surface area contributed by atoms with Crippen molar-refractivity contribution in [3.8, 4) is 10.6 Å². The molecule has 0 bridgehead atoms. The van der Waals surface area contributed by atoms with Gasteiger partial charge in [-0.2, -0.15) is 0 Å². The summed E-state index contributed by atoms with van der Waals surface area (Å²) in [5, 5.41) is 15.2. The Morgan fingerprint density at radius 1 is 0.370 bits per heavy atom. The molecule has 0 saturated heterocycles. The number of fused-ring (bicyclic) bond motifs is 1. The number of hydrogen-bond donors (Lipinski definition) is 22. The van der Waals surface area contributed by atoms with Crippen molar-refractivity contribution >= 4 is 128 Å². The fourth-order valence-electron chi connectivity index (χ4n) is 13.1. The number of rotatable bonds is 67. The molecule has 3 heterocycles. The van der Waals surface area contributed by atoms with Crippen molar-refractivity contribution < 1.29 is 52.7 Å². The summed E-state index contributed by atoms with van der Waals surface area (Å²) in [6.45, 7) is 1.55. The number of carbonyl (C=O) groups is 11. The first-order chi connectivity index (χ1) is 56.8. The molecule has 0 aliphatic carbocycles. The first-order valence-electron chi connectivity index (χ1n) is 40.6. The number of primary amides is 1. The Kier molecular flexibility index (Phi) is 49.7. The molecule has 0 aromatic carbocycles. The minimum atomic E-state index is -1.34. The number of nitrogens with one attached hydrogen (secondary N) is 6. The van der Waals surface area contributed by atoms with Gasteiger partial charge in [-0.1, -0.05) is 19.3 Å². The average molecular weight is 1690 g/mol. The molecule has 0 radical (unpaired) electrons. The van der Waals surface area contributed by atoms with Crippen LogP contribution >= 0.6 is 11.3 Å². The number of H-pyrrole nitrogens is 1. The van der Waals surface area contributed by atoms with Crippen molar-refractivity contribution in [2.75, 3.05) is 65.4 Å². The maximum Gasteiger partial charge on any atom is 0.261 e. The Morgan fingerprint density at radius 2 is 0.723 bits per heavy atom. The van der Waals surface area contributed by atoms with Crippen LogP contribution in [-0.4, -0.2) is 205 Å². The Labute approximate surface area is 698 Å². The van der Waals surface area contributed by atoms with E-state index in [1.807, 2.05) is 12.1 Å². The molecule has 119 heavy (non-hydrogen) atoms. The monoisotopic (exact) mass is 1690 g/mol. The van der Waals surface area contributed by atoms with Crippen molar-refractivity contribution in [3.05, 3.63) is 35.6 Å². The molecule has 43 heteroatoms. The second-order valence-electron chi connectivity index (χ2n) is 29.3. The van der Waals surface area contributed by atoms with Crippen LogP contribution < -0.4 is 118 Å². The summed E-state index contributed by atoms with van der Waals surface area (Å²) in [6.07, 6.45) is 8.36. The number of carbonyl (C=O) groups excluding carboxylic acids is 11. The van der Waals surface area contributed by atoms with Crippen molar-refractivity contribution in [2.24, 2.45) is 156 Å². The van der Waals surface area contributed by atoms with E-state index in [-0.39, 0.29) is 233 Å². The normalized spacial score (nSPS) is 13.0. The van der Waals surface area contributed by atoms with Gasteiger partial charge in [-0.05, 0) is 153 Å². The molecule has 42 nitrogen and oxygen atoms in total. The van der Waals surface area contributed by atoms with E-state index >= 15 is 0 Å². The average Bonchev–Trinajstić information content (AvgIpc) is 1.66. The summed E-state index contributed by atoms with van der Waals surface area (Å²) in [7, 11) is 0. The predicted molar refractivity (Wildman–Crippen MR) is 462 cm³/mol. The number of Topliss-reactive ketones (excluding diaryl/α,β-unsaturated/α-hetero) is 5. The van der Waals surface area contributed by atoms with Crippen LogP contribution in [0, 0.1) is 29.6 Å². The Balaban J connectivity index is 1.82. The number of ketones is 5. The van der Waals surface area contributed by atoms with Gasteiger partial charge in [0.2, 0.25) is 29.5 Å². The number of hydrogen-bond acceptors (Lipinski definition) is 22. The van der Waals surface area contributed by atoms with E-state index in [9.17, 15) is 52.7 Å². The molecule has 8 atom stereocenters. The van der Waals surface area contributed by atoms with Crippen LogP contribution in [0.4, 0.5) is 0 Å². The zero-order valence-electron chi connectivity index (χ0n) is 68.5. The first kappa shape index (κ1) is 102. The molecule has 38 N–H and O–H groups in total. The lowest BCUT2D eigenvalue weighted by Gasteiger charge is -2.26. The Bertz CT molecular complexity index is 3910. The SMILES string of the molecule is NCCCC[C@@H](CC(=O)[C@@H](CCCN=C(N)N)NC(=O)[C@@H](CCCN=C(N)N)CC(=O)[C@@H](CCCN=C(N)N)NC(=O)[C@@H](CCCN=C(N)N)CC(=O)[C@@H](CCCN=C(N)N)NC(=O)[C@@H](CCCN=C(N)N)CC(=O)CCCCCNC(=O)[C@@H](CCCN=C(N)N)CC(=O)CCCCCNC(=O)c1ccc(-c2ncnc3[nH]ccc23)s1)C(N)=O. The summed E-state index contributed by atoms with van der Waals surface area (Å²) in [6, 6.07) is 1.66. The summed E-state index contributed by atoms with van der Waals surface area (Å²) in [5.74, 6) is -11.9. The molecule has 662 valence electrons. The number of nitrogens with two attached hydrogens (primary N) is 16. The fourth-order valence-corrected chi connectivity index (χ4v) is 14.1. The summed E-state index contributed by atoms with van der Waals surface area (Å²) < 4.78 is 0. The smallest absolute Gasteiger partial charge is 0.261 e. The quantitative estimate of drug-likeness (QED) is 0.0165. The van der Waals surface area contributed by atoms with Crippen LogP contribution in [0.2, 0.25) is 0 Å². The van der Waals surface area contributed by atoms with E-state index in [1.54, 1.807) is 12.3 Å². The third kappa shape index (κ3) is 44.5. The molecule has 0 saturated carbocycles. The van der Waals surface area contributed by atoms with E-state index in [0.29, 0.717) is 87.8 Å². The van der Waals surface area contributed by atoms with Gasteiger partial charge in [-0.25, -0.2) is 9.97 Å². The van der Waals surface area contributed by atoms with Gasteiger partial charge in [0.05, 0.1) is 33.6 Å². The third-order valence-corrected chi connectivity index (χ3v) is 20.5. The summed E-state index contributed by atoms with van der Waals surface area (Å²) >= 11 is 1.33. The Morgan fingerprint density at radius 3 is 1.10 bits per heavy atom. The molecule has 3 rings (SSSR count). The minimum Gasteiger partial charge on any atom is -0.370 e. The number of unbranched alkanes of at least 4 members (excludes halogenated alkanes) is 5. The second-order valence-corrected chi connectivity index (χ2v) is 30.4. The van der Waals surface area contributed by atoms with E-state index in [4.69, 9.17) is 91.7 Å². The van der Waals surface area contributed by atoms with Crippen molar-refractivity contribution in [1.29, 1.82) is 0 Å². The van der Waals surface area contributed by atoms with Crippen LogP contribution in [0.15, 0.2) is 65.7 Å². The van der Waals surface area contributed by atoms with Gasteiger partial charge in [0.25, 0.3) is 5.91 Å². The molecule has 3 aromatic rings. The lowest BCUT2D eigenvalue weighted by Crippen LogP contribution is -2.48. The lowest BCUT2D eigenvalue weighted by molar-refractivity contribution is -0.136. The van der Waals surface area contributed by atoms with E-state index in [2.05, 4.69) is 76.5 Å². The highest BCUT2D eigenvalue weighted by atomic mass is 32.1. The molecular weight excluding hydrogens is 1560 g/mol.